The van der Waals surface area contributed by atoms with E-state index in [0.29, 0.717) is 37.5 Å². The van der Waals surface area contributed by atoms with Crippen LogP contribution in [0.3, 0.4) is 0 Å². The van der Waals surface area contributed by atoms with Crippen molar-refractivity contribution in [2.75, 3.05) is 31.1 Å². The number of nitrogens with zero attached hydrogens (tertiary/aromatic N) is 5. The molecule has 1 amide bonds. The monoisotopic (exact) mass is 485 g/mol. The number of anilines is 1. The van der Waals surface area contributed by atoms with Crippen molar-refractivity contribution in [2.24, 2.45) is 5.92 Å². The molecule has 3 heterocycles. The van der Waals surface area contributed by atoms with Gasteiger partial charge in [-0.15, -0.1) is 0 Å². The number of piperazine rings is 1. The van der Waals surface area contributed by atoms with Gasteiger partial charge in [0.05, 0.1) is 23.0 Å². The predicted molar refractivity (Wildman–Crippen MR) is 142 cm³/mol. The number of pyridine rings is 2. The zero-order chi connectivity index (χ0) is 25.8. The number of carbonyl (C=O) groups is 1. The summed E-state index contributed by atoms with van der Waals surface area (Å²) in [6.45, 7) is 11.9. The summed E-state index contributed by atoms with van der Waals surface area (Å²) in [6.07, 6.45) is 9.46. The molecule has 0 unspecified atom stereocenters. The molecule has 7 nitrogen and oxygen atoms in total. The van der Waals surface area contributed by atoms with Crippen LogP contribution in [0.4, 0.5) is 5.82 Å². The number of hydrogen-bond acceptors (Lipinski definition) is 6. The first-order valence-electron chi connectivity index (χ1n) is 12.8. The van der Waals surface area contributed by atoms with E-state index in [1.807, 2.05) is 24.0 Å². The highest BCUT2D eigenvalue weighted by Gasteiger charge is 2.36. The minimum Gasteiger partial charge on any atom is -0.396 e. The molecule has 0 radical (unpaired) electrons. The lowest BCUT2D eigenvalue weighted by Gasteiger charge is -2.44. The fourth-order valence-corrected chi connectivity index (χ4v) is 5.01. The molecule has 2 fully saturated rings. The van der Waals surface area contributed by atoms with Crippen LogP contribution in [-0.2, 0) is 4.79 Å². The maximum absolute atomic E-state index is 12.9. The summed E-state index contributed by atoms with van der Waals surface area (Å²) >= 11 is 0. The predicted octanol–water partition coefficient (Wildman–Crippen LogP) is 4.46. The summed E-state index contributed by atoms with van der Waals surface area (Å²) in [5, 5.41) is 19.3. The van der Waals surface area contributed by atoms with Gasteiger partial charge in [0.1, 0.15) is 11.9 Å². The van der Waals surface area contributed by atoms with Gasteiger partial charge in [-0.25, -0.2) is 4.98 Å². The lowest BCUT2D eigenvalue weighted by Crippen LogP contribution is -2.57. The van der Waals surface area contributed by atoms with E-state index in [2.05, 4.69) is 36.4 Å². The Morgan fingerprint density at radius 1 is 1.36 bits per heavy atom. The average molecular weight is 486 g/mol. The van der Waals surface area contributed by atoms with E-state index >= 15 is 0 Å². The van der Waals surface area contributed by atoms with E-state index < -0.39 is 0 Å². The Morgan fingerprint density at radius 3 is 2.78 bits per heavy atom. The van der Waals surface area contributed by atoms with Crippen LogP contribution in [0.15, 0.2) is 37.1 Å². The highest BCUT2D eigenvalue weighted by Crippen LogP contribution is 2.46. The summed E-state index contributed by atoms with van der Waals surface area (Å²) in [6, 6.07) is 6.43. The van der Waals surface area contributed by atoms with Crippen molar-refractivity contribution in [3.63, 3.8) is 0 Å². The third-order valence-electron chi connectivity index (χ3n) is 7.14. The maximum atomic E-state index is 12.9. The van der Waals surface area contributed by atoms with Gasteiger partial charge in [0, 0.05) is 43.9 Å². The SMILES string of the molecule is C=Cc1cc(-c2c(C3CC3)nc(N3CCN(C(=O)C=CCCO)[C@H](C(C)C)C3)c(C#N)c2C)ccn1. The van der Waals surface area contributed by atoms with Crippen LogP contribution in [0, 0.1) is 24.2 Å². The average Bonchev–Trinajstić information content (AvgIpc) is 3.73. The van der Waals surface area contributed by atoms with Crippen molar-refractivity contribution in [1.29, 1.82) is 5.26 Å². The van der Waals surface area contributed by atoms with Crippen molar-refractivity contribution in [3.05, 3.63) is 59.6 Å². The van der Waals surface area contributed by atoms with Crippen LogP contribution in [0.25, 0.3) is 17.2 Å². The molecular weight excluding hydrogens is 450 g/mol. The summed E-state index contributed by atoms with van der Waals surface area (Å²) in [7, 11) is 0. The largest absolute Gasteiger partial charge is 0.396 e. The number of aliphatic hydroxyl groups is 1. The minimum atomic E-state index is -0.0313. The van der Waals surface area contributed by atoms with E-state index in [-0.39, 0.29) is 24.5 Å². The summed E-state index contributed by atoms with van der Waals surface area (Å²) in [5.41, 5.74) is 5.43. The second-order valence-corrected chi connectivity index (χ2v) is 9.96. The van der Waals surface area contributed by atoms with Crippen molar-refractivity contribution >= 4 is 17.8 Å². The number of carbonyl (C=O) groups excluding carboxylic acids is 1. The van der Waals surface area contributed by atoms with Crippen molar-refractivity contribution in [2.45, 2.75) is 52.0 Å². The van der Waals surface area contributed by atoms with Crippen LogP contribution < -0.4 is 4.90 Å². The number of nitriles is 1. The Morgan fingerprint density at radius 2 is 2.14 bits per heavy atom. The molecular formula is C29H35N5O2. The minimum absolute atomic E-state index is 0.00178. The van der Waals surface area contributed by atoms with Crippen molar-refractivity contribution in [3.8, 4) is 17.2 Å². The lowest BCUT2D eigenvalue weighted by molar-refractivity contribution is -0.129. The van der Waals surface area contributed by atoms with Gasteiger partial charge in [-0.05, 0) is 67.5 Å². The molecule has 0 spiro atoms. The molecule has 188 valence electrons. The van der Waals surface area contributed by atoms with E-state index in [0.717, 1.165) is 46.7 Å². The standard InChI is InChI=1S/C29H35N5O2/c1-5-23-16-22(11-12-31-23)27-20(4)24(17-30)29(32-28(27)21-9-10-21)33-13-14-34(25(18-33)19(2)3)26(36)8-6-7-15-35/h5-6,8,11-12,16,19,21,25,35H,1,7,9-10,13-15,18H2,2-4H3/t25-/m0/s1. The van der Waals surface area contributed by atoms with E-state index in [4.69, 9.17) is 10.1 Å². The van der Waals surface area contributed by atoms with Gasteiger partial charge in [-0.3, -0.25) is 9.78 Å². The Bertz CT molecular complexity index is 1210. The highest BCUT2D eigenvalue weighted by molar-refractivity contribution is 5.88. The second kappa shape index (κ2) is 11.0. The normalized spacial score (nSPS) is 18.1. The first-order chi connectivity index (χ1) is 17.4. The molecule has 4 rings (SSSR count). The zero-order valence-corrected chi connectivity index (χ0v) is 21.4. The first kappa shape index (κ1) is 25.6. The molecule has 7 heteroatoms. The molecule has 1 saturated carbocycles. The molecule has 2 aromatic heterocycles. The van der Waals surface area contributed by atoms with Crippen LogP contribution in [0.2, 0.25) is 0 Å². The van der Waals surface area contributed by atoms with E-state index in [9.17, 15) is 10.1 Å². The molecule has 36 heavy (non-hydrogen) atoms. The third-order valence-corrected chi connectivity index (χ3v) is 7.14. The Hall–Kier alpha value is -3.50. The van der Waals surface area contributed by atoms with E-state index in [1.54, 1.807) is 24.4 Å². The van der Waals surface area contributed by atoms with Gasteiger partial charge in [0.25, 0.3) is 0 Å². The zero-order valence-electron chi connectivity index (χ0n) is 21.4. The molecule has 1 aliphatic carbocycles. The van der Waals surface area contributed by atoms with Crippen molar-refractivity contribution in [1.82, 2.24) is 14.9 Å². The smallest absolute Gasteiger partial charge is 0.246 e. The topological polar surface area (TPSA) is 93.4 Å². The van der Waals surface area contributed by atoms with Crippen LogP contribution in [0.1, 0.15) is 61.5 Å². The molecule has 1 N–H and O–H groups in total. The lowest BCUT2D eigenvalue weighted by atomic mass is 9.93. The molecule has 2 aromatic rings. The molecule has 0 aromatic carbocycles. The summed E-state index contributed by atoms with van der Waals surface area (Å²) in [5.74, 6) is 1.33. The Labute approximate surface area is 213 Å². The van der Waals surface area contributed by atoms with Crippen LogP contribution in [0.5, 0.6) is 0 Å². The number of aromatic nitrogens is 2. The number of aliphatic hydroxyl groups excluding tert-OH is 1. The third kappa shape index (κ3) is 5.19. The highest BCUT2D eigenvalue weighted by atomic mass is 16.2. The summed E-state index contributed by atoms with van der Waals surface area (Å²) in [4.78, 5) is 26.5. The molecule has 1 atom stereocenters. The van der Waals surface area contributed by atoms with Gasteiger partial charge in [-0.1, -0.05) is 26.5 Å². The molecule has 0 bridgehead atoms. The van der Waals surface area contributed by atoms with Crippen LogP contribution >= 0.6 is 0 Å². The van der Waals surface area contributed by atoms with Gasteiger partial charge >= 0.3 is 0 Å². The quantitative estimate of drug-likeness (QED) is 0.555. The van der Waals surface area contributed by atoms with Gasteiger partial charge in [0.15, 0.2) is 0 Å². The van der Waals surface area contributed by atoms with Gasteiger partial charge < -0.3 is 14.9 Å². The summed E-state index contributed by atoms with van der Waals surface area (Å²) < 4.78 is 0. The van der Waals surface area contributed by atoms with E-state index in [1.165, 1.54) is 0 Å². The molecule has 2 aliphatic rings. The van der Waals surface area contributed by atoms with Crippen LogP contribution in [-0.4, -0.2) is 58.2 Å². The molecule has 1 saturated heterocycles. The Balaban J connectivity index is 1.72. The fraction of sp³-hybridized carbons (Fsp3) is 0.448. The first-order valence-corrected chi connectivity index (χ1v) is 12.8. The maximum Gasteiger partial charge on any atom is 0.246 e. The van der Waals surface area contributed by atoms with Gasteiger partial charge in [0.2, 0.25) is 5.91 Å². The Kier molecular flexibility index (Phi) is 7.85. The van der Waals surface area contributed by atoms with Gasteiger partial charge in [-0.2, -0.15) is 5.26 Å². The number of rotatable bonds is 8. The number of amides is 1. The fourth-order valence-electron chi connectivity index (χ4n) is 5.01. The van der Waals surface area contributed by atoms with Crippen molar-refractivity contribution < 1.29 is 9.90 Å². The molecule has 1 aliphatic heterocycles. The second-order valence-electron chi connectivity index (χ2n) is 9.96. The number of hydrogen-bond donors (Lipinski definition) is 1.